The van der Waals surface area contributed by atoms with Crippen molar-refractivity contribution in [2.45, 2.75) is 44.1 Å². The number of benzene rings is 1. The van der Waals surface area contributed by atoms with E-state index in [0.29, 0.717) is 6.10 Å². The maximum absolute atomic E-state index is 11.2. The van der Waals surface area contributed by atoms with Crippen molar-refractivity contribution in [1.82, 2.24) is 0 Å². The highest BCUT2D eigenvalue weighted by molar-refractivity contribution is 5.81. The van der Waals surface area contributed by atoms with Crippen LogP contribution in [0.5, 0.6) is 11.5 Å². The highest BCUT2D eigenvalue weighted by Crippen LogP contribution is 2.49. The lowest BCUT2D eigenvalue weighted by Gasteiger charge is -2.17. The standard InChI is InChI=1S/C16H21NO3/c1-19-14-7-6-10(12-9-13(12)16(17)18)8-15(14)20-11-4-2-3-5-11/h6-8,11-13H,2-5,9H2,1H3,(H2,17,18)/t12-,13+/m0/s1. The second-order valence-corrected chi connectivity index (χ2v) is 5.79. The van der Waals surface area contributed by atoms with Crippen LogP contribution in [0.3, 0.4) is 0 Å². The first-order chi connectivity index (χ1) is 9.69. The van der Waals surface area contributed by atoms with Gasteiger partial charge in [0, 0.05) is 5.92 Å². The smallest absolute Gasteiger partial charge is 0.221 e. The van der Waals surface area contributed by atoms with Gasteiger partial charge in [0.25, 0.3) is 0 Å². The number of carbonyl (C=O) groups excluding carboxylic acids is 1. The molecule has 1 amide bonds. The van der Waals surface area contributed by atoms with E-state index in [1.54, 1.807) is 7.11 Å². The zero-order valence-electron chi connectivity index (χ0n) is 11.8. The van der Waals surface area contributed by atoms with Crippen molar-refractivity contribution in [1.29, 1.82) is 0 Å². The van der Waals surface area contributed by atoms with E-state index in [-0.39, 0.29) is 17.7 Å². The fourth-order valence-corrected chi connectivity index (χ4v) is 3.08. The fraction of sp³-hybridized carbons (Fsp3) is 0.562. The van der Waals surface area contributed by atoms with Gasteiger partial charge in [-0.05, 0) is 55.7 Å². The first-order valence-corrected chi connectivity index (χ1v) is 7.33. The van der Waals surface area contributed by atoms with Crippen molar-refractivity contribution in [2.24, 2.45) is 11.7 Å². The number of methoxy groups -OCH3 is 1. The minimum Gasteiger partial charge on any atom is -0.493 e. The average Bonchev–Trinajstić information content (AvgIpc) is 3.10. The lowest BCUT2D eigenvalue weighted by molar-refractivity contribution is -0.119. The van der Waals surface area contributed by atoms with E-state index < -0.39 is 0 Å². The molecule has 4 heteroatoms. The van der Waals surface area contributed by atoms with Gasteiger partial charge in [0.2, 0.25) is 5.91 Å². The molecule has 3 rings (SSSR count). The van der Waals surface area contributed by atoms with Gasteiger partial charge < -0.3 is 15.2 Å². The summed E-state index contributed by atoms with van der Waals surface area (Å²) in [4.78, 5) is 11.2. The van der Waals surface area contributed by atoms with Gasteiger partial charge in [0.1, 0.15) is 0 Å². The normalized spacial score (nSPS) is 25.4. The van der Waals surface area contributed by atoms with E-state index in [2.05, 4.69) is 0 Å². The Morgan fingerprint density at radius 3 is 2.60 bits per heavy atom. The van der Waals surface area contributed by atoms with E-state index in [4.69, 9.17) is 15.2 Å². The van der Waals surface area contributed by atoms with E-state index >= 15 is 0 Å². The molecule has 0 unspecified atom stereocenters. The number of hydrogen-bond acceptors (Lipinski definition) is 3. The molecule has 0 radical (unpaired) electrons. The molecule has 2 saturated carbocycles. The number of hydrogen-bond donors (Lipinski definition) is 1. The molecular formula is C16H21NO3. The quantitative estimate of drug-likeness (QED) is 0.898. The van der Waals surface area contributed by atoms with E-state index in [0.717, 1.165) is 36.3 Å². The molecule has 2 N–H and O–H groups in total. The van der Waals surface area contributed by atoms with Gasteiger partial charge in [0.15, 0.2) is 11.5 Å². The first-order valence-electron chi connectivity index (χ1n) is 7.33. The molecule has 20 heavy (non-hydrogen) atoms. The number of carbonyl (C=O) groups is 1. The van der Waals surface area contributed by atoms with Crippen molar-refractivity contribution < 1.29 is 14.3 Å². The summed E-state index contributed by atoms with van der Waals surface area (Å²) in [5.74, 6) is 1.60. The van der Waals surface area contributed by atoms with Crippen LogP contribution in [-0.4, -0.2) is 19.1 Å². The van der Waals surface area contributed by atoms with Crippen LogP contribution in [0.25, 0.3) is 0 Å². The Labute approximate surface area is 119 Å². The Morgan fingerprint density at radius 1 is 1.25 bits per heavy atom. The van der Waals surface area contributed by atoms with Gasteiger partial charge in [-0.15, -0.1) is 0 Å². The van der Waals surface area contributed by atoms with Crippen molar-refractivity contribution in [3.05, 3.63) is 23.8 Å². The summed E-state index contributed by atoms with van der Waals surface area (Å²) in [6, 6.07) is 5.95. The zero-order chi connectivity index (χ0) is 14.1. The largest absolute Gasteiger partial charge is 0.493 e. The molecule has 0 saturated heterocycles. The molecule has 2 aliphatic rings. The highest BCUT2D eigenvalue weighted by Gasteiger charge is 2.43. The molecule has 1 aromatic carbocycles. The summed E-state index contributed by atoms with van der Waals surface area (Å²) in [5.41, 5.74) is 6.48. The number of rotatable bonds is 5. The summed E-state index contributed by atoms with van der Waals surface area (Å²) in [5, 5.41) is 0. The Hall–Kier alpha value is -1.71. The lowest BCUT2D eigenvalue weighted by Crippen LogP contribution is -2.14. The summed E-state index contributed by atoms with van der Waals surface area (Å²) in [7, 11) is 1.65. The maximum Gasteiger partial charge on any atom is 0.221 e. The van der Waals surface area contributed by atoms with Crippen LogP contribution in [0.4, 0.5) is 0 Å². The lowest BCUT2D eigenvalue weighted by atomic mass is 10.1. The van der Waals surface area contributed by atoms with Gasteiger partial charge >= 0.3 is 0 Å². The molecule has 0 heterocycles. The molecule has 0 aliphatic heterocycles. The fourth-order valence-electron chi connectivity index (χ4n) is 3.08. The van der Waals surface area contributed by atoms with E-state index in [1.165, 1.54) is 12.8 Å². The van der Waals surface area contributed by atoms with Crippen LogP contribution in [0.15, 0.2) is 18.2 Å². The molecule has 4 nitrogen and oxygen atoms in total. The zero-order valence-corrected chi connectivity index (χ0v) is 11.8. The van der Waals surface area contributed by atoms with E-state index in [1.807, 2.05) is 18.2 Å². The Morgan fingerprint density at radius 2 is 2.00 bits per heavy atom. The number of primary amides is 1. The Balaban J connectivity index is 1.78. The highest BCUT2D eigenvalue weighted by atomic mass is 16.5. The molecule has 2 fully saturated rings. The third-order valence-corrected chi connectivity index (χ3v) is 4.37. The van der Waals surface area contributed by atoms with E-state index in [9.17, 15) is 4.79 Å². The van der Waals surface area contributed by atoms with Gasteiger partial charge in [-0.3, -0.25) is 4.79 Å². The maximum atomic E-state index is 11.2. The average molecular weight is 275 g/mol. The minimum absolute atomic E-state index is 0.0114. The third-order valence-electron chi connectivity index (χ3n) is 4.37. The van der Waals surface area contributed by atoms with Gasteiger partial charge in [0.05, 0.1) is 13.2 Å². The number of ether oxygens (including phenoxy) is 2. The molecule has 0 bridgehead atoms. The third kappa shape index (κ3) is 2.60. The second-order valence-electron chi connectivity index (χ2n) is 5.79. The SMILES string of the molecule is COc1ccc([C@@H]2C[C@H]2C(N)=O)cc1OC1CCCC1. The number of amides is 1. The Bertz CT molecular complexity index is 508. The van der Waals surface area contributed by atoms with Crippen molar-refractivity contribution in [2.75, 3.05) is 7.11 Å². The van der Waals surface area contributed by atoms with Crippen LogP contribution in [0, 0.1) is 5.92 Å². The molecular weight excluding hydrogens is 254 g/mol. The van der Waals surface area contributed by atoms with Crippen molar-refractivity contribution in [3.8, 4) is 11.5 Å². The second kappa shape index (κ2) is 5.35. The Kier molecular flexibility index (Phi) is 3.55. The van der Waals surface area contributed by atoms with Crippen LogP contribution in [0.2, 0.25) is 0 Å². The molecule has 1 aromatic rings. The van der Waals surface area contributed by atoms with Crippen LogP contribution in [0.1, 0.15) is 43.6 Å². The molecule has 2 atom stereocenters. The summed E-state index contributed by atoms with van der Waals surface area (Å²) in [6.45, 7) is 0. The van der Waals surface area contributed by atoms with Crippen LogP contribution >= 0.6 is 0 Å². The summed E-state index contributed by atoms with van der Waals surface area (Å²) in [6.07, 6.45) is 5.84. The molecule has 0 spiro atoms. The summed E-state index contributed by atoms with van der Waals surface area (Å²) >= 11 is 0. The van der Waals surface area contributed by atoms with Gasteiger partial charge in [-0.25, -0.2) is 0 Å². The van der Waals surface area contributed by atoms with Gasteiger partial charge in [-0.2, -0.15) is 0 Å². The summed E-state index contributed by atoms with van der Waals surface area (Å²) < 4.78 is 11.4. The molecule has 2 aliphatic carbocycles. The van der Waals surface area contributed by atoms with Crippen LogP contribution in [-0.2, 0) is 4.79 Å². The first kappa shape index (κ1) is 13.3. The predicted molar refractivity (Wildman–Crippen MR) is 75.9 cm³/mol. The number of nitrogens with two attached hydrogens (primary N) is 1. The van der Waals surface area contributed by atoms with Crippen molar-refractivity contribution in [3.63, 3.8) is 0 Å². The molecule has 108 valence electrons. The predicted octanol–water partition coefficient (Wildman–Crippen LogP) is 2.61. The van der Waals surface area contributed by atoms with Gasteiger partial charge in [-0.1, -0.05) is 6.07 Å². The minimum atomic E-state index is -0.205. The van der Waals surface area contributed by atoms with Crippen molar-refractivity contribution >= 4 is 5.91 Å². The topological polar surface area (TPSA) is 61.5 Å². The van der Waals surface area contributed by atoms with Crippen LogP contribution < -0.4 is 15.2 Å². The monoisotopic (exact) mass is 275 g/mol. The molecule has 0 aromatic heterocycles.